The third-order valence-corrected chi connectivity index (χ3v) is 9.96. The van der Waals surface area contributed by atoms with E-state index in [0.29, 0.717) is 0 Å². The lowest BCUT2D eigenvalue weighted by atomic mass is 9.66. The van der Waals surface area contributed by atoms with Crippen LogP contribution in [0.2, 0.25) is 0 Å². The molecule has 2 atom stereocenters. The van der Waals surface area contributed by atoms with Gasteiger partial charge in [-0.15, -0.1) is 11.8 Å². The van der Waals surface area contributed by atoms with Crippen molar-refractivity contribution >= 4 is 31.8 Å². The summed E-state index contributed by atoms with van der Waals surface area (Å²) in [7, 11) is -6.83. The minimum absolute atomic E-state index is 0.0439. The fourth-order valence-electron chi connectivity index (χ4n) is 5.02. The monoisotopic (exact) mass is 459 g/mol. The van der Waals surface area contributed by atoms with Crippen molar-refractivity contribution in [2.45, 2.75) is 50.3 Å². The summed E-state index contributed by atoms with van der Waals surface area (Å²) in [5.41, 5.74) is 2.69. The maximum absolute atomic E-state index is 12.6. The van der Waals surface area contributed by atoms with Crippen LogP contribution < -0.4 is 4.72 Å². The zero-order valence-electron chi connectivity index (χ0n) is 16.9. The molecule has 1 spiro atoms. The molecule has 162 valence electrons. The Labute approximate surface area is 178 Å². The molecule has 4 aliphatic rings. The minimum atomic E-state index is -3.47. The molecule has 4 rings (SSSR count). The Bertz CT molecular complexity index is 984. The summed E-state index contributed by atoms with van der Waals surface area (Å²) in [6.45, 7) is 0.227. The van der Waals surface area contributed by atoms with E-state index in [-0.39, 0.29) is 23.9 Å². The second-order valence-corrected chi connectivity index (χ2v) is 13.3. The van der Waals surface area contributed by atoms with Crippen molar-refractivity contribution in [3.63, 3.8) is 0 Å². The van der Waals surface area contributed by atoms with E-state index in [0.717, 1.165) is 44.8 Å². The summed E-state index contributed by atoms with van der Waals surface area (Å²) >= 11 is 1.68. The normalized spacial score (nSPS) is 29.6. The van der Waals surface area contributed by atoms with Gasteiger partial charge in [0.2, 0.25) is 20.0 Å². The number of rotatable bonds is 6. The van der Waals surface area contributed by atoms with Gasteiger partial charge in [0, 0.05) is 41.5 Å². The predicted molar refractivity (Wildman–Crippen MR) is 117 cm³/mol. The van der Waals surface area contributed by atoms with Gasteiger partial charge < -0.3 is 4.90 Å². The molecule has 0 bridgehead atoms. The van der Waals surface area contributed by atoms with E-state index in [1.54, 1.807) is 11.8 Å². The van der Waals surface area contributed by atoms with Gasteiger partial charge in [-0.1, -0.05) is 12.5 Å². The molecule has 1 aliphatic carbocycles. The Balaban J connectivity index is 1.66. The Hall–Kier alpha value is -0.810. The molecule has 1 N–H and O–H groups in total. The Morgan fingerprint density at radius 2 is 2.03 bits per heavy atom. The molecule has 0 aromatic rings. The van der Waals surface area contributed by atoms with Gasteiger partial charge in [0.25, 0.3) is 0 Å². The first kappa shape index (κ1) is 21.4. The zero-order chi connectivity index (χ0) is 20.9. The van der Waals surface area contributed by atoms with E-state index in [4.69, 9.17) is 0 Å². The van der Waals surface area contributed by atoms with Crippen LogP contribution in [0.1, 0.15) is 44.9 Å². The largest absolute Gasteiger partial charge is 0.327 e. The summed E-state index contributed by atoms with van der Waals surface area (Å²) in [4.78, 5) is 3.58. The second-order valence-electron chi connectivity index (χ2n) is 8.37. The van der Waals surface area contributed by atoms with Crippen molar-refractivity contribution in [3.05, 3.63) is 34.7 Å². The summed E-state index contributed by atoms with van der Waals surface area (Å²) < 4.78 is 52.0. The summed E-state index contributed by atoms with van der Waals surface area (Å²) in [5.74, 6) is 0. The van der Waals surface area contributed by atoms with Crippen molar-refractivity contribution in [2.24, 2.45) is 5.41 Å². The first-order valence-electron chi connectivity index (χ1n) is 10.1. The highest BCUT2D eigenvalue weighted by molar-refractivity contribution is 8.04. The standard InChI is InChI=1S/C19H29N3O4S3/c1-28(23,24)20-10-12-22(29(2,25)26)17-13-19-9-5-3-7-15(19)14-21-11-6-4-8-16(21)18(19)27-17/h6,11,14,17,20H,3-5,7-10,12-13H2,1-2H3/t17-,19?/m1/s1. The molecular weight excluding hydrogens is 430 g/mol. The first-order chi connectivity index (χ1) is 13.6. The molecule has 3 heterocycles. The number of sulfonamides is 2. The van der Waals surface area contributed by atoms with Crippen LogP contribution in [0.5, 0.6) is 0 Å². The lowest BCUT2D eigenvalue weighted by molar-refractivity contribution is 0.266. The van der Waals surface area contributed by atoms with Gasteiger partial charge >= 0.3 is 0 Å². The van der Waals surface area contributed by atoms with Crippen LogP contribution in [0.4, 0.5) is 0 Å². The molecule has 1 unspecified atom stereocenters. The third kappa shape index (κ3) is 4.19. The first-order valence-corrected chi connectivity index (χ1v) is 14.7. The molecule has 7 nitrogen and oxygen atoms in total. The Morgan fingerprint density at radius 1 is 1.24 bits per heavy atom. The van der Waals surface area contributed by atoms with E-state index in [9.17, 15) is 16.8 Å². The predicted octanol–water partition coefficient (Wildman–Crippen LogP) is 2.54. The average Bonchev–Trinajstić information content (AvgIpc) is 3.00. The molecule has 1 saturated carbocycles. The highest BCUT2D eigenvalue weighted by atomic mass is 32.2. The number of hydrogen-bond acceptors (Lipinski definition) is 6. The molecule has 2 fully saturated rings. The number of fused-ring (bicyclic) bond motifs is 1. The van der Waals surface area contributed by atoms with E-state index in [2.05, 4.69) is 28.1 Å². The number of hydrogen-bond donors (Lipinski definition) is 1. The SMILES string of the molecule is CS(=O)(=O)NCCN([C@H]1CC23CCCCC2=CN2C=CCCC2=C3S1)S(C)(=O)=O. The van der Waals surface area contributed by atoms with Crippen molar-refractivity contribution < 1.29 is 16.8 Å². The number of nitrogens with zero attached hydrogens (tertiary/aromatic N) is 2. The Kier molecular flexibility index (Phi) is 5.69. The van der Waals surface area contributed by atoms with E-state index in [1.807, 2.05) is 0 Å². The van der Waals surface area contributed by atoms with E-state index < -0.39 is 20.0 Å². The minimum Gasteiger partial charge on any atom is -0.327 e. The molecule has 1 saturated heterocycles. The lowest BCUT2D eigenvalue weighted by Crippen LogP contribution is -2.43. The van der Waals surface area contributed by atoms with Gasteiger partial charge in [0.05, 0.1) is 17.9 Å². The van der Waals surface area contributed by atoms with Crippen molar-refractivity contribution in [1.82, 2.24) is 13.9 Å². The second kappa shape index (κ2) is 7.71. The molecule has 0 aromatic carbocycles. The van der Waals surface area contributed by atoms with Gasteiger partial charge in [0.15, 0.2) is 0 Å². The molecule has 10 heteroatoms. The van der Waals surface area contributed by atoms with Crippen molar-refractivity contribution in [2.75, 3.05) is 25.6 Å². The van der Waals surface area contributed by atoms with Crippen LogP contribution in [0.3, 0.4) is 0 Å². The highest BCUT2D eigenvalue weighted by Crippen LogP contribution is 2.64. The molecule has 3 aliphatic heterocycles. The van der Waals surface area contributed by atoms with Gasteiger partial charge in [-0.3, -0.25) is 0 Å². The summed E-state index contributed by atoms with van der Waals surface area (Å²) in [6, 6.07) is 0. The van der Waals surface area contributed by atoms with Crippen LogP contribution >= 0.6 is 11.8 Å². The summed E-state index contributed by atoms with van der Waals surface area (Å²) in [6.07, 6.45) is 16.1. The molecule has 0 radical (unpaired) electrons. The fourth-order valence-corrected chi connectivity index (χ4v) is 8.75. The molecule has 29 heavy (non-hydrogen) atoms. The molecule has 0 amide bonds. The smallest absolute Gasteiger partial charge is 0.212 e. The topological polar surface area (TPSA) is 86.8 Å². The average molecular weight is 460 g/mol. The fraction of sp³-hybridized carbons (Fsp3) is 0.684. The number of thioether (sulfide) groups is 1. The van der Waals surface area contributed by atoms with Crippen LogP contribution in [-0.2, 0) is 20.0 Å². The third-order valence-electron chi connectivity index (χ3n) is 6.25. The van der Waals surface area contributed by atoms with Crippen LogP contribution in [0.15, 0.2) is 34.7 Å². The van der Waals surface area contributed by atoms with Gasteiger partial charge in [-0.2, -0.15) is 4.31 Å². The zero-order valence-corrected chi connectivity index (χ0v) is 19.4. The molecular formula is C19H29N3O4S3. The van der Waals surface area contributed by atoms with Crippen LogP contribution in [0.25, 0.3) is 0 Å². The Morgan fingerprint density at radius 3 is 2.76 bits per heavy atom. The molecule has 0 aromatic heterocycles. The van der Waals surface area contributed by atoms with Gasteiger partial charge in [0.1, 0.15) is 0 Å². The van der Waals surface area contributed by atoms with Crippen LogP contribution in [-0.4, -0.2) is 57.0 Å². The van der Waals surface area contributed by atoms with Crippen molar-refractivity contribution in [1.29, 1.82) is 0 Å². The number of nitrogens with one attached hydrogen (secondary N) is 1. The summed E-state index contributed by atoms with van der Waals surface area (Å²) in [5, 5.41) is -0.207. The number of allylic oxidation sites excluding steroid dienone is 4. The lowest BCUT2D eigenvalue weighted by Gasteiger charge is -2.44. The van der Waals surface area contributed by atoms with Gasteiger partial charge in [-0.25, -0.2) is 21.6 Å². The van der Waals surface area contributed by atoms with E-state index >= 15 is 0 Å². The maximum atomic E-state index is 12.6. The highest BCUT2D eigenvalue weighted by Gasteiger charge is 2.53. The van der Waals surface area contributed by atoms with Crippen LogP contribution in [0, 0.1) is 5.41 Å². The maximum Gasteiger partial charge on any atom is 0.212 e. The van der Waals surface area contributed by atoms with Gasteiger partial charge in [-0.05, 0) is 44.1 Å². The quantitative estimate of drug-likeness (QED) is 0.657. The van der Waals surface area contributed by atoms with E-state index in [1.165, 1.54) is 33.2 Å². The van der Waals surface area contributed by atoms with Crippen molar-refractivity contribution in [3.8, 4) is 0 Å².